The van der Waals surface area contributed by atoms with Gasteiger partial charge in [-0.05, 0) is 43.3 Å². The van der Waals surface area contributed by atoms with Crippen LogP contribution in [0.5, 0.6) is 5.75 Å². The number of hydrogen-bond donors (Lipinski definition) is 1. The first-order valence-corrected chi connectivity index (χ1v) is 8.16. The van der Waals surface area contributed by atoms with E-state index in [0.717, 1.165) is 38.8 Å². The highest BCUT2D eigenvalue weighted by Gasteiger charge is 2.32. The van der Waals surface area contributed by atoms with Crippen LogP contribution in [0.2, 0.25) is 0 Å². The van der Waals surface area contributed by atoms with E-state index in [-0.39, 0.29) is 11.4 Å². The van der Waals surface area contributed by atoms with Crippen LogP contribution in [0.3, 0.4) is 0 Å². The number of hydrogen-bond acceptors (Lipinski definition) is 2. The lowest BCUT2D eigenvalue weighted by Crippen LogP contribution is -2.35. The van der Waals surface area contributed by atoms with Gasteiger partial charge in [-0.2, -0.15) is 0 Å². The Kier molecular flexibility index (Phi) is 5.91. The van der Waals surface area contributed by atoms with Crippen molar-refractivity contribution in [3.63, 3.8) is 0 Å². The molecule has 1 fully saturated rings. The number of benzene rings is 1. The second-order valence-corrected chi connectivity index (χ2v) is 6.32. The molecular formula is C14H16BrF3N2OS. The lowest BCUT2D eigenvalue weighted by molar-refractivity contribution is -0.274. The molecule has 0 spiro atoms. The molecule has 0 radical (unpaired) electrons. The molecule has 22 heavy (non-hydrogen) atoms. The van der Waals surface area contributed by atoms with Crippen molar-refractivity contribution in [2.45, 2.75) is 32.0 Å². The molecule has 122 valence electrons. The molecule has 0 saturated carbocycles. The van der Waals surface area contributed by atoms with Gasteiger partial charge in [0.15, 0.2) is 10.9 Å². The molecule has 2 rings (SSSR count). The Morgan fingerprint density at radius 1 is 1.18 bits per heavy atom. The number of likely N-dealkylation sites (tertiary alicyclic amines) is 1. The smallest absolute Gasteiger partial charge is 0.404 e. The summed E-state index contributed by atoms with van der Waals surface area (Å²) < 4.78 is 42.0. The molecule has 1 N–H and O–H groups in total. The highest BCUT2D eigenvalue weighted by atomic mass is 79.9. The number of thiocarbonyl (C=S) groups is 1. The van der Waals surface area contributed by atoms with Crippen molar-refractivity contribution in [3.8, 4) is 5.75 Å². The van der Waals surface area contributed by atoms with Gasteiger partial charge in [0.1, 0.15) is 0 Å². The Balaban J connectivity index is 2.12. The zero-order valence-electron chi connectivity index (χ0n) is 11.8. The Morgan fingerprint density at radius 3 is 2.41 bits per heavy atom. The minimum atomic E-state index is -4.75. The second kappa shape index (κ2) is 7.50. The second-order valence-electron chi connectivity index (χ2n) is 5.02. The molecule has 1 saturated heterocycles. The van der Waals surface area contributed by atoms with Crippen LogP contribution in [-0.2, 0) is 0 Å². The molecular weight excluding hydrogens is 381 g/mol. The van der Waals surface area contributed by atoms with E-state index < -0.39 is 6.36 Å². The summed E-state index contributed by atoms with van der Waals surface area (Å²) in [7, 11) is 0. The predicted octanol–water partition coefficient (Wildman–Crippen LogP) is 4.92. The number of rotatable bonds is 2. The number of ether oxygens (including phenoxy) is 1. The minimum Gasteiger partial charge on any atom is -0.404 e. The van der Waals surface area contributed by atoms with Gasteiger partial charge in [0.2, 0.25) is 0 Å². The fourth-order valence-corrected chi connectivity index (χ4v) is 2.91. The third kappa shape index (κ3) is 5.31. The molecule has 8 heteroatoms. The quantitative estimate of drug-likeness (QED) is 0.716. The van der Waals surface area contributed by atoms with Crippen LogP contribution in [-0.4, -0.2) is 29.5 Å². The van der Waals surface area contributed by atoms with Gasteiger partial charge in [-0.3, -0.25) is 0 Å². The van der Waals surface area contributed by atoms with E-state index in [1.807, 2.05) is 4.90 Å². The molecule has 1 heterocycles. The first-order chi connectivity index (χ1) is 10.3. The van der Waals surface area contributed by atoms with Crippen LogP contribution in [0.4, 0.5) is 18.9 Å². The van der Waals surface area contributed by atoms with Crippen LogP contribution in [0.15, 0.2) is 22.7 Å². The normalized spacial score (nSPS) is 16.1. The van der Waals surface area contributed by atoms with Gasteiger partial charge in [-0.25, -0.2) is 0 Å². The van der Waals surface area contributed by atoms with Crippen LogP contribution in [0.1, 0.15) is 25.7 Å². The number of anilines is 1. The first-order valence-electron chi connectivity index (χ1n) is 6.96. The zero-order chi connectivity index (χ0) is 16.2. The van der Waals surface area contributed by atoms with Crippen molar-refractivity contribution in [2.75, 3.05) is 18.4 Å². The van der Waals surface area contributed by atoms with Crippen molar-refractivity contribution >= 4 is 38.9 Å². The van der Waals surface area contributed by atoms with Crippen molar-refractivity contribution in [1.29, 1.82) is 0 Å². The summed E-state index contributed by atoms with van der Waals surface area (Å²) in [4.78, 5) is 1.99. The summed E-state index contributed by atoms with van der Waals surface area (Å²) in [5, 5.41) is 3.30. The average Bonchev–Trinajstić information content (AvgIpc) is 2.69. The third-order valence-electron chi connectivity index (χ3n) is 3.30. The lowest BCUT2D eigenvalue weighted by Gasteiger charge is -2.25. The molecule has 1 aliphatic rings. The van der Waals surface area contributed by atoms with Crippen LogP contribution < -0.4 is 10.1 Å². The maximum absolute atomic E-state index is 12.5. The maximum Gasteiger partial charge on any atom is 0.573 e. The fraction of sp³-hybridized carbons (Fsp3) is 0.500. The summed E-state index contributed by atoms with van der Waals surface area (Å²) in [5.41, 5.74) is 0.203. The Labute approximate surface area is 140 Å². The number of alkyl halides is 3. The van der Waals surface area contributed by atoms with E-state index in [2.05, 4.69) is 26.0 Å². The Hall–Kier alpha value is -1.02. The third-order valence-corrected chi connectivity index (χ3v) is 4.16. The molecule has 0 bridgehead atoms. The summed E-state index contributed by atoms with van der Waals surface area (Å²) in [5.74, 6) is -0.306. The number of halogens is 4. The largest absolute Gasteiger partial charge is 0.573 e. The van der Waals surface area contributed by atoms with Crippen LogP contribution in [0, 0.1) is 0 Å². The van der Waals surface area contributed by atoms with Crippen LogP contribution >= 0.6 is 28.1 Å². The summed E-state index contributed by atoms with van der Waals surface area (Å²) in [6.07, 6.45) is -0.372. The van der Waals surface area contributed by atoms with Crippen molar-refractivity contribution in [3.05, 3.63) is 22.7 Å². The van der Waals surface area contributed by atoms with E-state index in [1.165, 1.54) is 12.1 Å². The highest BCUT2D eigenvalue weighted by molar-refractivity contribution is 9.10. The van der Waals surface area contributed by atoms with E-state index in [4.69, 9.17) is 12.2 Å². The zero-order valence-corrected chi connectivity index (χ0v) is 14.2. The van der Waals surface area contributed by atoms with Gasteiger partial charge in [0.05, 0.1) is 5.69 Å². The minimum absolute atomic E-state index is 0.203. The van der Waals surface area contributed by atoms with E-state index in [1.54, 1.807) is 6.07 Å². The molecule has 0 aliphatic carbocycles. The van der Waals surface area contributed by atoms with Gasteiger partial charge in [-0.15, -0.1) is 13.2 Å². The van der Waals surface area contributed by atoms with Crippen molar-refractivity contribution in [1.82, 2.24) is 4.90 Å². The van der Waals surface area contributed by atoms with E-state index >= 15 is 0 Å². The maximum atomic E-state index is 12.5. The molecule has 0 atom stereocenters. The fourth-order valence-electron chi connectivity index (χ4n) is 2.28. The SMILES string of the molecule is FC(F)(F)Oc1cc(Br)ccc1NC(=S)N1CCCCCC1. The topological polar surface area (TPSA) is 24.5 Å². The molecule has 1 aromatic rings. The Bertz CT molecular complexity index is 531. The van der Waals surface area contributed by atoms with Gasteiger partial charge in [0, 0.05) is 17.6 Å². The predicted molar refractivity (Wildman–Crippen MR) is 87.1 cm³/mol. The lowest BCUT2D eigenvalue weighted by atomic mass is 10.2. The average molecular weight is 397 g/mol. The molecule has 1 aliphatic heterocycles. The molecule has 3 nitrogen and oxygen atoms in total. The molecule has 0 amide bonds. The standard InChI is InChI=1S/C14H16BrF3N2OS/c15-10-5-6-11(12(9-10)21-14(16,17)18)19-13(22)20-7-3-1-2-4-8-20/h5-6,9H,1-4,7-8H2,(H,19,22). The van der Waals surface area contributed by atoms with Gasteiger partial charge in [-0.1, -0.05) is 28.8 Å². The number of nitrogens with one attached hydrogen (secondary N) is 1. The highest BCUT2D eigenvalue weighted by Crippen LogP contribution is 2.33. The van der Waals surface area contributed by atoms with E-state index in [9.17, 15) is 13.2 Å². The van der Waals surface area contributed by atoms with E-state index in [0.29, 0.717) is 9.59 Å². The summed E-state index contributed by atoms with van der Waals surface area (Å²) >= 11 is 8.45. The van der Waals surface area contributed by atoms with Crippen molar-refractivity contribution < 1.29 is 17.9 Å². The van der Waals surface area contributed by atoms with Crippen LogP contribution in [0.25, 0.3) is 0 Å². The Morgan fingerprint density at radius 2 is 1.82 bits per heavy atom. The molecule has 0 unspecified atom stereocenters. The number of nitrogens with zero attached hydrogens (tertiary/aromatic N) is 1. The monoisotopic (exact) mass is 396 g/mol. The molecule has 0 aromatic heterocycles. The molecule has 1 aromatic carbocycles. The van der Waals surface area contributed by atoms with Gasteiger partial charge in [0.25, 0.3) is 0 Å². The first kappa shape index (κ1) is 17.3. The van der Waals surface area contributed by atoms with Gasteiger partial charge < -0.3 is 15.0 Å². The van der Waals surface area contributed by atoms with Crippen molar-refractivity contribution in [2.24, 2.45) is 0 Å². The summed E-state index contributed by atoms with van der Waals surface area (Å²) in [6, 6.07) is 4.41. The summed E-state index contributed by atoms with van der Waals surface area (Å²) in [6.45, 7) is 1.63. The van der Waals surface area contributed by atoms with Gasteiger partial charge >= 0.3 is 6.36 Å².